The lowest BCUT2D eigenvalue weighted by molar-refractivity contribution is 0.0564. The molecule has 0 spiro atoms. The van der Waals surface area contributed by atoms with Crippen LogP contribution in [0.25, 0.3) is 43.1 Å². The number of halogens is 4. The molecule has 0 bridgehead atoms. The van der Waals surface area contributed by atoms with Crippen LogP contribution in [0.2, 0.25) is 0 Å². The van der Waals surface area contributed by atoms with Crippen molar-refractivity contribution in [2.75, 3.05) is 13.1 Å². The van der Waals surface area contributed by atoms with Crippen LogP contribution in [0, 0.1) is 11.8 Å². The van der Waals surface area contributed by atoms with Crippen molar-refractivity contribution in [2.24, 2.45) is 11.8 Å². The molecule has 0 aliphatic carbocycles. The van der Waals surface area contributed by atoms with E-state index in [1.165, 1.54) is 9.80 Å². The topological polar surface area (TPSA) is 74.8 Å². The van der Waals surface area contributed by atoms with Gasteiger partial charge in [0.05, 0.1) is 22.3 Å². The lowest BCUT2D eigenvalue weighted by Crippen LogP contribution is -2.43. The van der Waals surface area contributed by atoms with Crippen LogP contribution in [0.1, 0.15) is 120 Å². The largest absolute Gasteiger partial charge is 0.274 e. The standard InChI is InChI=1S/C40H38Br4N2O4/c1-5-9-11-19(7-3)17-45-37(47)31-25(41)13-21-23-15-27(43)33-36-30(23)24(22-14-26(42)32(38(45)48)35(31)29(21)22)16-28(44)34(36)40(50)46(39(33)49)18-20(8-4)12-10-6-2/h13-16,19-20H,5-12,17-18H2,1-4H3. The molecule has 2 heterocycles. The molecule has 260 valence electrons. The molecule has 2 atom stereocenters. The molecule has 0 saturated carbocycles. The Bertz CT molecular complexity index is 1990. The summed E-state index contributed by atoms with van der Waals surface area (Å²) in [5.41, 5.74) is 1.92. The molecule has 2 unspecified atom stereocenters. The van der Waals surface area contributed by atoms with Gasteiger partial charge in [-0.2, -0.15) is 0 Å². The van der Waals surface area contributed by atoms with E-state index in [-0.39, 0.29) is 35.5 Å². The lowest BCUT2D eigenvalue weighted by Gasteiger charge is -2.33. The molecule has 7 rings (SSSR count). The maximum Gasteiger partial charge on any atom is 0.262 e. The van der Waals surface area contributed by atoms with Gasteiger partial charge >= 0.3 is 0 Å². The number of nitrogens with zero attached hydrogens (tertiary/aromatic N) is 2. The molecule has 0 fully saturated rings. The minimum absolute atomic E-state index is 0.224. The van der Waals surface area contributed by atoms with Crippen LogP contribution in [0.15, 0.2) is 42.2 Å². The van der Waals surface area contributed by atoms with E-state index >= 15 is 0 Å². The highest BCUT2D eigenvalue weighted by molar-refractivity contribution is 9.11. The third-order valence-corrected chi connectivity index (χ3v) is 13.5. The zero-order valence-electron chi connectivity index (χ0n) is 28.6. The minimum atomic E-state index is -0.293. The number of imide groups is 2. The zero-order valence-corrected chi connectivity index (χ0v) is 34.9. The average molecular weight is 930 g/mol. The molecule has 50 heavy (non-hydrogen) atoms. The Morgan fingerprint density at radius 1 is 0.480 bits per heavy atom. The molecule has 6 nitrogen and oxygen atoms in total. The fourth-order valence-electron chi connectivity index (χ4n) is 8.23. The molecule has 4 amide bonds. The zero-order chi connectivity index (χ0) is 35.8. The SMILES string of the molecule is CCCCC(CC)CN1C(=O)c2c(Br)cc3c4cc(Br)c5c6c(c(Br)cc(c7cc(Br)c(c2c37)C1=O)c64)C(=O)N(CC(CC)CCCC)C5=O. The highest BCUT2D eigenvalue weighted by atomic mass is 79.9. The van der Waals surface area contributed by atoms with Gasteiger partial charge in [-0.1, -0.05) is 66.2 Å². The molecular formula is C40H38Br4N2O4. The Morgan fingerprint density at radius 2 is 0.760 bits per heavy atom. The monoisotopic (exact) mass is 926 g/mol. The maximum atomic E-state index is 14.3. The van der Waals surface area contributed by atoms with E-state index in [2.05, 4.69) is 91.4 Å². The summed E-state index contributed by atoms with van der Waals surface area (Å²) in [5, 5.41) is 6.21. The van der Waals surface area contributed by atoms with Crippen molar-refractivity contribution < 1.29 is 19.2 Å². The number of unbranched alkanes of at least 4 members (excludes halogenated alkanes) is 2. The van der Waals surface area contributed by atoms with Crippen LogP contribution in [0.4, 0.5) is 0 Å². The number of hydrogen-bond acceptors (Lipinski definition) is 4. The molecule has 5 aromatic rings. The van der Waals surface area contributed by atoms with Crippen molar-refractivity contribution >= 4 is 130 Å². The first kappa shape index (κ1) is 36.0. The van der Waals surface area contributed by atoms with Crippen LogP contribution in [-0.4, -0.2) is 46.5 Å². The summed E-state index contributed by atoms with van der Waals surface area (Å²) in [5.74, 6) is -0.723. The van der Waals surface area contributed by atoms with Crippen molar-refractivity contribution in [3.8, 4) is 0 Å². The minimum Gasteiger partial charge on any atom is -0.274 e. The lowest BCUT2D eigenvalue weighted by atomic mass is 9.82. The summed E-state index contributed by atoms with van der Waals surface area (Å²) in [7, 11) is 0. The van der Waals surface area contributed by atoms with Gasteiger partial charge in [0.15, 0.2) is 0 Å². The second kappa shape index (κ2) is 13.9. The number of carbonyl (C=O) groups excluding carboxylic acids is 4. The van der Waals surface area contributed by atoms with E-state index in [9.17, 15) is 19.2 Å². The summed E-state index contributed by atoms with van der Waals surface area (Å²) in [6.45, 7) is 9.28. The van der Waals surface area contributed by atoms with Crippen molar-refractivity contribution in [1.29, 1.82) is 0 Å². The van der Waals surface area contributed by atoms with Gasteiger partial charge in [0.2, 0.25) is 0 Å². The third kappa shape index (κ3) is 5.40. The summed E-state index contributed by atoms with van der Waals surface area (Å²) in [6, 6.07) is 7.86. The van der Waals surface area contributed by atoms with Crippen LogP contribution in [0.5, 0.6) is 0 Å². The number of rotatable bonds is 12. The van der Waals surface area contributed by atoms with Crippen molar-refractivity contribution in [1.82, 2.24) is 9.80 Å². The number of carbonyl (C=O) groups is 4. The van der Waals surface area contributed by atoms with Crippen LogP contribution in [-0.2, 0) is 0 Å². The fraction of sp³-hybridized carbons (Fsp3) is 0.400. The van der Waals surface area contributed by atoms with E-state index in [1.54, 1.807) is 0 Å². The Morgan fingerprint density at radius 3 is 1.00 bits per heavy atom. The highest BCUT2D eigenvalue weighted by Crippen LogP contribution is 2.52. The first-order valence-electron chi connectivity index (χ1n) is 17.7. The van der Waals surface area contributed by atoms with E-state index in [0.29, 0.717) is 64.0 Å². The van der Waals surface area contributed by atoms with Gasteiger partial charge in [-0.3, -0.25) is 29.0 Å². The predicted molar refractivity (Wildman–Crippen MR) is 216 cm³/mol. The Kier molecular flexibility index (Phi) is 9.98. The Hall–Kier alpha value is -2.40. The fourth-order valence-corrected chi connectivity index (χ4v) is 10.6. The molecule has 0 saturated heterocycles. The smallest absolute Gasteiger partial charge is 0.262 e. The van der Waals surface area contributed by atoms with E-state index < -0.39 is 0 Å². The third-order valence-electron chi connectivity index (χ3n) is 11.0. The van der Waals surface area contributed by atoms with Crippen LogP contribution >= 0.6 is 63.7 Å². The second-order valence-corrected chi connectivity index (χ2v) is 17.3. The maximum absolute atomic E-state index is 14.3. The molecule has 2 aliphatic rings. The highest BCUT2D eigenvalue weighted by Gasteiger charge is 2.41. The summed E-state index contributed by atoms with van der Waals surface area (Å²) in [4.78, 5) is 60.1. The van der Waals surface area contributed by atoms with Gasteiger partial charge in [0, 0.05) is 41.8 Å². The molecule has 0 aromatic heterocycles. The first-order chi connectivity index (χ1) is 24.0. The van der Waals surface area contributed by atoms with Gasteiger partial charge in [0.1, 0.15) is 0 Å². The molecule has 0 radical (unpaired) electrons. The summed E-state index contributed by atoms with van der Waals surface area (Å²) < 4.78 is 2.41. The summed E-state index contributed by atoms with van der Waals surface area (Å²) in [6.07, 6.45) is 7.91. The number of fused-ring (bicyclic) bond motifs is 2. The number of hydrogen-bond donors (Lipinski definition) is 0. The molecule has 0 N–H and O–H groups in total. The van der Waals surface area contributed by atoms with Crippen LogP contribution < -0.4 is 0 Å². The number of amides is 4. The predicted octanol–water partition coefficient (Wildman–Crippen LogP) is 12.4. The van der Waals surface area contributed by atoms with Crippen molar-refractivity contribution in [3.05, 3.63) is 64.4 Å². The first-order valence-corrected chi connectivity index (χ1v) is 20.9. The molecule has 10 heteroatoms. The quantitative estimate of drug-likeness (QED) is 0.0710. The molecule has 5 aromatic carbocycles. The van der Waals surface area contributed by atoms with E-state index in [0.717, 1.165) is 83.7 Å². The van der Waals surface area contributed by atoms with Gasteiger partial charge in [-0.15, -0.1) is 0 Å². The summed E-state index contributed by atoms with van der Waals surface area (Å²) >= 11 is 15.0. The normalized spacial score (nSPS) is 15.9. The van der Waals surface area contributed by atoms with Gasteiger partial charge in [-0.05, 0) is 145 Å². The van der Waals surface area contributed by atoms with Gasteiger partial charge in [-0.25, -0.2) is 0 Å². The Balaban J connectivity index is 1.49. The van der Waals surface area contributed by atoms with Crippen molar-refractivity contribution in [2.45, 2.75) is 79.1 Å². The van der Waals surface area contributed by atoms with Crippen LogP contribution in [0.3, 0.4) is 0 Å². The van der Waals surface area contributed by atoms with Crippen molar-refractivity contribution in [3.63, 3.8) is 0 Å². The Labute approximate surface area is 325 Å². The van der Waals surface area contributed by atoms with Gasteiger partial charge in [0.25, 0.3) is 23.6 Å². The second-order valence-electron chi connectivity index (χ2n) is 13.9. The average Bonchev–Trinajstić information content (AvgIpc) is 3.08. The van der Waals surface area contributed by atoms with E-state index in [1.807, 2.05) is 24.3 Å². The van der Waals surface area contributed by atoms with E-state index in [4.69, 9.17) is 0 Å². The van der Waals surface area contributed by atoms with Gasteiger partial charge < -0.3 is 0 Å². The molecule has 2 aliphatic heterocycles. The molecular weight excluding hydrogens is 892 g/mol. The number of benzene rings is 5.